The number of rotatable bonds is 3. The number of hydrogen-bond donors (Lipinski definition) is 1. The second-order valence-corrected chi connectivity index (χ2v) is 7.29. The Hall–Kier alpha value is -0.330. The molecule has 2 N–H and O–H groups in total. The van der Waals surface area contributed by atoms with E-state index >= 15 is 0 Å². The molecule has 0 amide bonds. The third-order valence-corrected chi connectivity index (χ3v) is 6.39. The summed E-state index contributed by atoms with van der Waals surface area (Å²) in [6.07, 6.45) is 1.74. The SMILES string of the molecule is CC1CCCN1S(=O)(=O)c1ccc(Cl)c(CN)c1Cl. The first kappa shape index (κ1) is 15.1. The molecule has 4 nitrogen and oxygen atoms in total. The minimum absolute atomic E-state index is 0.00179. The number of benzene rings is 1. The summed E-state index contributed by atoms with van der Waals surface area (Å²) in [4.78, 5) is 0.0905. The van der Waals surface area contributed by atoms with Gasteiger partial charge in [-0.25, -0.2) is 8.42 Å². The first-order valence-electron chi connectivity index (χ1n) is 6.08. The summed E-state index contributed by atoms with van der Waals surface area (Å²) in [6.45, 7) is 2.54. The van der Waals surface area contributed by atoms with Gasteiger partial charge in [-0.05, 0) is 31.9 Å². The molecule has 19 heavy (non-hydrogen) atoms. The third kappa shape index (κ3) is 2.62. The maximum atomic E-state index is 12.6. The Morgan fingerprint density at radius 3 is 2.63 bits per heavy atom. The fourth-order valence-corrected chi connectivity index (χ4v) is 4.96. The van der Waals surface area contributed by atoms with Crippen LogP contribution in [-0.4, -0.2) is 25.3 Å². The van der Waals surface area contributed by atoms with Gasteiger partial charge in [0.1, 0.15) is 4.90 Å². The van der Waals surface area contributed by atoms with Crippen LogP contribution in [0.1, 0.15) is 25.3 Å². The molecule has 0 spiro atoms. The van der Waals surface area contributed by atoms with Crippen molar-refractivity contribution in [2.75, 3.05) is 6.54 Å². The van der Waals surface area contributed by atoms with E-state index in [0.29, 0.717) is 17.1 Å². The van der Waals surface area contributed by atoms with Gasteiger partial charge in [-0.3, -0.25) is 0 Å². The molecule has 0 bridgehead atoms. The summed E-state index contributed by atoms with van der Waals surface area (Å²) >= 11 is 12.1. The molecule has 1 aliphatic rings. The lowest BCUT2D eigenvalue weighted by Gasteiger charge is -2.22. The highest BCUT2D eigenvalue weighted by Crippen LogP contribution is 2.34. The van der Waals surface area contributed by atoms with Crippen molar-refractivity contribution >= 4 is 33.2 Å². The molecule has 2 rings (SSSR count). The maximum Gasteiger partial charge on any atom is 0.244 e. The Bertz CT molecular complexity index is 590. The fourth-order valence-electron chi connectivity index (χ4n) is 2.35. The minimum atomic E-state index is -3.58. The van der Waals surface area contributed by atoms with Crippen molar-refractivity contribution in [3.8, 4) is 0 Å². The number of nitrogens with two attached hydrogens (primary N) is 1. The molecule has 1 saturated heterocycles. The van der Waals surface area contributed by atoms with E-state index in [1.165, 1.54) is 16.4 Å². The van der Waals surface area contributed by atoms with Crippen LogP contribution in [0, 0.1) is 0 Å². The predicted molar refractivity (Wildman–Crippen MR) is 76.9 cm³/mol. The highest BCUT2D eigenvalue weighted by molar-refractivity contribution is 7.89. The van der Waals surface area contributed by atoms with Crippen molar-refractivity contribution < 1.29 is 8.42 Å². The van der Waals surface area contributed by atoms with Gasteiger partial charge >= 0.3 is 0 Å². The molecule has 0 saturated carbocycles. The van der Waals surface area contributed by atoms with Crippen LogP contribution in [0.25, 0.3) is 0 Å². The van der Waals surface area contributed by atoms with Gasteiger partial charge in [-0.2, -0.15) is 4.31 Å². The Balaban J connectivity index is 2.52. The number of sulfonamides is 1. The summed E-state index contributed by atoms with van der Waals surface area (Å²) in [5, 5.41) is 0.523. The van der Waals surface area contributed by atoms with Crippen molar-refractivity contribution in [1.29, 1.82) is 0 Å². The van der Waals surface area contributed by atoms with E-state index < -0.39 is 10.0 Å². The van der Waals surface area contributed by atoms with Gasteiger partial charge in [0.15, 0.2) is 0 Å². The quantitative estimate of drug-likeness (QED) is 0.930. The first-order chi connectivity index (χ1) is 8.89. The molecule has 1 fully saturated rings. The third-order valence-electron chi connectivity index (χ3n) is 3.43. The summed E-state index contributed by atoms with van der Waals surface area (Å²) in [5.41, 5.74) is 6.04. The summed E-state index contributed by atoms with van der Waals surface area (Å²) in [7, 11) is -3.58. The van der Waals surface area contributed by atoms with Crippen LogP contribution in [0.4, 0.5) is 0 Å². The van der Waals surface area contributed by atoms with Crippen LogP contribution in [0.2, 0.25) is 10.0 Å². The zero-order valence-corrected chi connectivity index (χ0v) is 12.9. The highest BCUT2D eigenvalue weighted by atomic mass is 35.5. The van der Waals surface area contributed by atoms with Crippen molar-refractivity contribution in [3.05, 3.63) is 27.7 Å². The maximum absolute atomic E-state index is 12.6. The van der Waals surface area contributed by atoms with Gasteiger partial charge in [0.2, 0.25) is 10.0 Å². The van der Waals surface area contributed by atoms with Crippen LogP contribution in [0.15, 0.2) is 17.0 Å². The first-order valence-corrected chi connectivity index (χ1v) is 8.28. The lowest BCUT2D eigenvalue weighted by molar-refractivity contribution is 0.408. The van der Waals surface area contributed by atoms with Crippen LogP contribution in [0.5, 0.6) is 0 Å². The van der Waals surface area contributed by atoms with Crippen LogP contribution >= 0.6 is 23.2 Å². The molecular formula is C12H16Cl2N2O2S. The Kier molecular flexibility index (Phi) is 4.42. The number of halogens is 2. The number of hydrogen-bond acceptors (Lipinski definition) is 3. The fraction of sp³-hybridized carbons (Fsp3) is 0.500. The molecule has 1 aromatic rings. The molecule has 106 valence electrons. The van der Waals surface area contributed by atoms with E-state index in [1.807, 2.05) is 6.92 Å². The number of nitrogens with zero attached hydrogens (tertiary/aromatic N) is 1. The summed E-state index contributed by atoms with van der Waals surface area (Å²) < 4.78 is 26.7. The smallest absolute Gasteiger partial charge is 0.244 e. The van der Waals surface area contributed by atoms with E-state index in [4.69, 9.17) is 28.9 Å². The molecular weight excluding hydrogens is 307 g/mol. The van der Waals surface area contributed by atoms with Gasteiger partial charge in [0.25, 0.3) is 0 Å². The van der Waals surface area contributed by atoms with Crippen molar-refractivity contribution in [3.63, 3.8) is 0 Å². The predicted octanol–water partition coefficient (Wildman–Crippen LogP) is 2.63. The average molecular weight is 323 g/mol. The van der Waals surface area contributed by atoms with E-state index in [-0.39, 0.29) is 22.5 Å². The molecule has 1 atom stereocenters. The lowest BCUT2D eigenvalue weighted by Crippen LogP contribution is -2.34. The van der Waals surface area contributed by atoms with Crippen molar-refractivity contribution in [2.45, 2.75) is 37.2 Å². The van der Waals surface area contributed by atoms with Gasteiger partial charge in [0, 0.05) is 29.7 Å². The summed E-state index contributed by atoms with van der Waals surface area (Å²) in [5.74, 6) is 0. The van der Waals surface area contributed by atoms with E-state index in [2.05, 4.69) is 0 Å². The highest BCUT2D eigenvalue weighted by Gasteiger charge is 2.34. The normalized spacial score (nSPS) is 20.9. The molecule has 1 heterocycles. The second kappa shape index (κ2) is 5.58. The molecule has 0 radical (unpaired) electrons. The molecule has 0 aliphatic carbocycles. The van der Waals surface area contributed by atoms with E-state index in [9.17, 15) is 8.42 Å². The molecule has 7 heteroatoms. The molecule has 1 aromatic carbocycles. The molecule has 1 aliphatic heterocycles. The van der Waals surface area contributed by atoms with Crippen molar-refractivity contribution in [2.24, 2.45) is 5.73 Å². The largest absolute Gasteiger partial charge is 0.326 e. The standard InChI is InChI=1S/C12H16Cl2N2O2S/c1-8-3-2-6-16(8)19(17,18)11-5-4-10(13)9(7-15)12(11)14/h4-5,8H,2-3,6-7,15H2,1H3. The van der Waals surface area contributed by atoms with E-state index in [1.54, 1.807) is 0 Å². The van der Waals surface area contributed by atoms with Crippen LogP contribution in [0.3, 0.4) is 0 Å². The Morgan fingerprint density at radius 1 is 1.42 bits per heavy atom. The molecule has 0 aromatic heterocycles. The average Bonchev–Trinajstić information content (AvgIpc) is 2.76. The monoisotopic (exact) mass is 322 g/mol. The summed E-state index contributed by atoms with van der Waals surface area (Å²) in [6, 6.07) is 2.98. The van der Waals surface area contributed by atoms with Gasteiger partial charge in [-0.1, -0.05) is 23.2 Å². The Labute approximate surface area is 123 Å². The zero-order chi connectivity index (χ0) is 14.2. The topological polar surface area (TPSA) is 63.4 Å². The van der Waals surface area contributed by atoms with Crippen molar-refractivity contribution in [1.82, 2.24) is 4.31 Å². The van der Waals surface area contributed by atoms with E-state index in [0.717, 1.165) is 12.8 Å². The minimum Gasteiger partial charge on any atom is -0.326 e. The van der Waals surface area contributed by atoms with Gasteiger partial charge < -0.3 is 5.73 Å². The van der Waals surface area contributed by atoms with Crippen LogP contribution in [-0.2, 0) is 16.6 Å². The van der Waals surface area contributed by atoms with Crippen LogP contribution < -0.4 is 5.73 Å². The molecule has 1 unspecified atom stereocenters. The van der Waals surface area contributed by atoms with Gasteiger partial charge in [0.05, 0.1) is 5.02 Å². The lowest BCUT2D eigenvalue weighted by atomic mass is 10.2. The van der Waals surface area contributed by atoms with Gasteiger partial charge in [-0.15, -0.1) is 0 Å². The second-order valence-electron chi connectivity index (χ2n) is 4.65. The Morgan fingerprint density at radius 2 is 2.11 bits per heavy atom. The zero-order valence-electron chi connectivity index (χ0n) is 10.6.